The van der Waals surface area contributed by atoms with Crippen LogP contribution >= 0.6 is 23.4 Å². The largest absolute Gasteiger partial charge is 0.495 e. The van der Waals surface area contributed by atoms with Crippen molar-refractivity contribution in [1.82, 2.24) is 0 Å². The van der Waals surface area contributed by atoms with Gasteiger partial charge in [-0.05, 0) is 12.0 Å². The van der Waals surface area contributed by atoms with Gasteiger partial charge in [-0.1, -0.05) is 37.2 Å². The number of hydrogen-bond donors (Lipinski definition) is 1. The van der Waals surface area contributed by atoms with Crippen molar-refractivity contribution in [3.8, 4) is 11.5 Å². The van der Waals surface area contributed by atoms with Crippen molar-refractivity contribution in [2.45, 2.75) is 19.9 Å². The molecule has 1 aliphatic heterocycles. The smallest absolute Gasteiger partial charge is 0.161 e. The van der Waals surface area contributed by atoms with E-state index in [1.165, 1.54) is 0 Å². The van der Waals surface area contributed by atoms with Crippen LogP contribution in [0.2, 0.25) is 5.02 Å². The maximum Gasteiger partial charge on any atom is 0.161 e. The molecule has 20 heavy (non-hydrogen) atoms. The second-order valence-corrected chi connectivity index (χ2v) is 6.28. The van der Waals surface area contributed by atoms with Gasteiger partial charge in [0, 0.05) is 11.8 Å². The highest BCUT2D eigenvalue weighted by Gasteiger charge is 2.22. The average Bonchev–Trinajstić information content (AvgIpc) is 2.88. The average molecular weight is 315 g/mol. The highest BCUT2D eigenvalue weighted by atomic mass is 35.5. The van der Waals surface area contributed by atoms with Crippen LogP contribution in [0.15, 0.2) is 17.1 Å². The van der Waals surface area contributed by atoms with Crippen LogP contribution in [0, 0.1) is 5.92 Å². The minimum absolute atomic E-state index is 0.363. The summed E-state index contributed by atoms with van der Waals surface area (Å²) in [7, 11) is 3.20. The summed E-state index contributed by atoms with van der Waals surface area (Å²) >= 11 is 7.87. The highest BCUT2D eigenvalue weighted by molar-refractivity contribution is 8.14. The van der Waals surface area contributed by atoms with Gasteiger partial charge in [0.2, 0.25) is 0 Å². The Morgan fingerprint density at radius 1 is 1.30 bits per heavy atom. The Balaban J connectivity index is 2.21. The first-order valence-electron chi connectivity index (χ1n) is 6.44. The Bertz CT molecular complexity index is 520. The van der Waals surface area contributed by atoms with Crippen molar-refractivity contribution >= 4 is 34.2 Å². The molecule has 0 radical (unpaired) electrons. The Hall–Kier alpha value is -1.07. The Kier molecular flexibility index (Phi) is 5.05. The summed E-state index contributed by atoms with van der Waals surface area (Å²) in [5.41, 5.74) is 0.800. The molecule has 0 aromatic heterocycles. The fourth-order valence-corrected chi connectivity index (χ4v) is 3.29. The molecular formula is C14H19ClN2O2S. The molecule has 4 nitrogen and oxygen atoms in total. The van der Waals surface area contributed by atoms with Crippen molar-refractivity contribution in [3.63, 3.8) is 0 Å². The molecule has 1 aromatic carbocycles. The standard InChI is InChI=1S/C14H19ClN2O2S/c1-8(2)11-7-20-14(17-11)16-10-5-9(15)12(18-3)6-13(10)19-4/h5-6,8,11H,7H2,1-4H3,(H,16,17)/t11-/m1/s1. The van der Waals surface area contributed by atoms with Crippen molar-refractivity contribution in [2.24, 2.45) is 10.9 Å². The van der Waals surface area contributed by atoms with Crippen LogP contribution in [-0.4, -0.2) is 31.2 Å². The molecule has 0 saturated carbocycles. The van der Waals surface area contributed by atoms with Gasteiger partial charge in [-0.3, -0.25) is 4.99 Å². The van der Waals surface area contributed by atoms with Crippen molar-refractivity contribution < 1.29 is 9.47 Å². The van der Waals surface area contributed by atoms with Gasteiger partial charge in [-0.15, -0.1) is 0 Å². The monoisotopic (exact) mass is 314 g/mol. The Morgan fingerprint density at radius 3 is 2.55 bits per heavy atom. The normalized spacial score (nSPS) is 18.1. The van der Waals surface area contributed by atoms with E-state index in [4.69, 9.17) is 21.1 Å². The van der Waals surface area contributed by atoms with Gasteiger partial charge in [0.25, 0.3) is 0 Å². The number of nitrogens with zero attached hydrogens (tertiary/aromatic N) is 1. The predicted molar refractivity (Wildman–Crippen MR) is 86.7 cm³/mol. The molecule has 1 aromatic rings. The van der Waals surface area contributed by atoms with Gasteiger partial charge in [0.1, 0.15) is 11.5 Å². The minimum atomic E-state index is 0.363. The molecule has 110 valence electrons. The summed E-state index contributed by atoms with van der Waals surface area (Å²) < 4.78 is 10.5. The van der Waals surface area contributed by atoms with Crippen LogP contribution in [-0.2, 0) is 0 Å². The number of anilines is 1. The number of amidine groups is 1. The molecule has 0 amide bonds. The van der Waals surface area contributed by atoms with Crippen molar-refractivity contribution in [2.75, 3.05) is 25.3 Å². The van der Waals surface area contributed by atoms with E-state index < -0.39 is 0 Å². The van der Waals surface area contributed by atoms with E-state index in [-0.39, 0.29) is 0 Å². The number of halogens is 1. The van der Waals surface area contributed by atoms with Crippen LogP contribution < -0.4 is 14.8 Å². The van der Waals surface area contributed by atoms with E-state index in [9.17, 15) is 0 Å². The zero-order valence-corrected chi connectivity index (χ0v) is 13.6. The first-order valence-corrected chi connectivity index (χ1v) is 7.80. The third-order valence-corrected chi connectivity index (χ3v) is 4.44. The van der Waals surface area contributed by atoms with Gasteiger partial charge in [-0.2, -0.15) is 0 Å². The topological polar surface area (TPSA) is 42.9 Å². The van der Waals surface area contributed by atoms with Crippen LogP contribution in [0.25, 0.3) is 0 Å². The van der Waals surface area contributed by atoms with E-state index in [1.54, 1.807) is 38.1 Å². The molecule has 1 heterocycles. The lowest BCUT2D eigenvalue weighted by atomic mass is 10.1. The molecule has 1 atom stereocenters. The number of rotatable bonds is 4. The molecule has 1 aliphatic rings. The van der Waals surface area contributed by atoms with Crippen molar-refractivity contribution in [3.05, 3.63) is 17.2 Å². The highest BCUT2D eigenvalue weighted by Crippen LogP contribution is 2.37. The van der Waals surface area contributed by atoms with Crippen LogP contribution in [0.1, 0.15) is 13.8 Å². The Morgan fingerprint density at radius 2 is 2.00 bits per heavy atom. The quantitative estimate of drug-likeness (QED) is 0.915. The lowest BCUT2D eigenvalue weighted by Crippen LogP contribution is -2.12. The van der Waals surface area contributed by atoms with Gasteiger partial charge >= 0.3 is 0 Å². The van der Waals surface area contributed by atoms with Gasteiger partial charge in [0.15, 0.2) is 5.17 Å². The second kappa shape index (κ2) is 6.59. The third kappa shape index (κ3) is 3.33. The van der Waals surface area contributed by atoms with Crippen LogP contribution in [0.5, 0.6) is 11.5 Å². The van der Waals surface area contributed by atoms with Gasteiger partial charge in [0.05, 0.1) is 31.0 Å². The minimum Gasteiger partial charge on any atom is -0.495 e. The number of benzene rings is 1. The zero-order chi connectivity index (χ0) is 14.7. The molecule has 0 bridgehead atoms. The number of thioether (sulfide) groups is 1. The van der Waals surface area contributed by atoms with Gasteiger partial charge < -0.3 is 14.8 Å². The molecule has 0 aliphatic carbocycles. The summed E-state index contributed by atoms with van der Waals surface area (Å²) in [6, 6.07) is 3.93. The van der Waals surface area contributed by atoms with E-state index in [2.05, 4.69) is 24.2 Å². The molecule has 0 saturated heterocycles. The molecule has 6 heteroatoms. The Labute approximate surface area is 128 Å². The maximum absolute atomic E-state index is 6.16. The summed E-state index contributed by atoms with van der Waals surface area (Å²) in [5, 5.41) is 4.73. The zero-order valence-electron chi connectivity index (χ0n) is 12.1. The lowest BCUT2D eigenvalue weighted by Gasteiger charge is -2.13. The maximum atomic E-state index is 6.16. The van der Waals surface area contributed by atoms with E-state index in [0.29, 0.717) is 28.5 Å². The van der Waals surface area contributed by atoms with Crippen molar-refractivity contribution in [1.29, 1.82) is 0 Å². The SMILES string of the molecule is COc1cc(OC)c(NC2=N[C@@H](C(C)C)CS2)cc1Cl. The fraction of sp³-hybridized carbons (Fsp3) is 0.500. The van der Waals surface area contributed by atoms with Crippen LogP contribution in [0.3, 0.4) is 0 Å². The number of nitrogens with one attached hydrogen (secondary N) is 1. The molecule has 0 unspecified atom stereocenters. The number of aliphatic imine (C=N–C) groups is 1. The van der Waals surface area contributed by atoms with E-state index in [1.807, 2.05) is 0 Å². The lowest BCUT2D eigenvalue weighted by molar-refractivity contribution is 0.396. The van der Waals surface area contributed by atoms with E-state index in [0.717, 1.165) is 16.6 Å². The first kappa shape index (κ1) is 15.3. The summed E-state index contributed by atoms with van der Waals surface area (Å²) in [4.78, 5) is 4.67. The molecule has 2 rings (SSSR count). The summed E-state index contributed by atoms with van der Waals surface area (Å²) in [6.07, 6.45) is 0. The van der Waals surface area contributed by atoms with Gasteiger partial charge in [-0.25, -0.2) is 0 Å². The molecule has 0 spiro atoms. The number of ether oxygens (including phenoxy) is 2. The summed E-state index contributed by atoms with van der Waals surface area (Å²) in [6.45, 7) is 4.37. The third-order valence-electron chi connectivity index (χ3n) is 3.16. The molecule has 0 fully saturated rings. The first-order chi connectivity index (χ1) is 9.55. The molecular weight excluding hydrogens is 296 g/mol. The number of hydrogen-bond acceptors (Lipinski definition) is 5. The van der Waals surface area contributed by atoms with Crippen LogP contribution in [0.4, 0.5) is 5.69 Å². The molecule has 1 N–H and O–H groups in total. The number of methoxy groups -OCH3 is 2. The predicted octanol–water partition coefficient (Wildman–Crippen LogP) is 3.90. The fourth-order valence-electron chi connectivity index (χ4n) is 1.87. The summed E-state index contributed by atoms with van der Waals surface area (Å²) in [5.74, 6) is 2.83. The second-order valence-electron chi connectivity index (χ2n) is 4.87. The van der Waals surface area contributed by atoms with E-state index >= 15 is 0 Å².